The zero-order valence-corrected chi connectivity index (χ0v) is 13.4. The standard InChI is InChI=1S/C15H29NO3/c1-11(2)13(16-12(3)9-18-6)8-14(17)15(4,5)10-19-7/h11-12H,8-10H2,1-7H3. The van der Waals surface area contributed by atoms with Crippen LogP contribution in [-0.4, -0.2) is 45.0 Å². The maximum atomic E-state index is 12.3. The summed E-state index contributed by atoms with van der Waals surface area (Å²) in [5, 5.41) is 0. The largest absolute Gasteiger partial charge is 0.384 e. The normalized spacial score (nSPS) is 14.8. The maximum absolute atomic E-state index is 12.3. The highest BCUT2D eigenvalue weighted by atomic mass is 16.5. The molecular formula is C15H29NO3. The SMILES string of the molecule is COCC(C)N=C(CC(=O)C(C)(C)COC)C(C)C. The van der Waals surface area contributed by atoms with Crippen LogP contribution in [-0.2, 0) is 14.3 Å². The van der Waals surface area contributed by atoms with Crippen molar-refractivity contribution in [3.8, 4) is 0 Å². The third-order valence-electron chi connectivity index (χ3n) is 3.06. The number of methoxy groups -OCH3 is 2. The Kier molecular flexibility index (Phi) is 8.11. The van der Waals surface area contributed by atoms with Crippen LogP contribution in [0.3, 0.4) is 0 Å². The molecule has 0 aromatic carbocycles. The zero-order valence-electron chi connectivity index (χ0n) is 13.4. The number of aliphatic imine (C=N–C) groups is 1. The van der Waals surface area contributed by atoms with E-state index < -0.39 is 5.41 Å². The summed E-state index contributed by atoms with van der Waals surface area (Å²) in [4.78, 5) is 16.9. The summed E-state index contributed by atoms with van der Waals surface area (Å²) >= 11 is 0. The summed E-state index contributed by atoms with van der Waals surface area (Å²) in [5.74, 6) is 0.438. The summed E-state index contributed by atoms with van der Waals surface area (Å²) < 4.78 is 10.2. The first-order chi connectivity index (χ1) is 8.74. The highest BCUT2D eigenvalue weighted by molar-refractivity contribution is 6.04. The number of nitrogens with zero attached hydrogens (tertiary/aromatic N) is 1. The van der Waals surface area contributed by atoms with Crippen molar-refractivity contribution >= 4 is 11.5 Å². The van der Waals surface area contributed by atoms with Gasteiger partial charge in [0, 0.05) is 31.8 Å². The van der Waals surface area contributed by atoms with Crippen LogP contribution in [0.4, 0.5) is 0 Å². The lowest BCUT2D eigenvalue weighted by molar-refractivity contribution is -0.128. The third kappa shape index (κ3) is 6.83. The summed E-state index contributed by atoms with van der Waals surface area (Å²) in [6.07, 6.45) is 0.391. The molecule has 0 bridgehead atoms. The van der Waals surface area contributed by atoms with Crippen molar-refractivity contribution in [3.63, 3.8) is 0 Å². The van der Waals surface area contributed by atoms with Gasteiger partial charge in [-0.2, -0.15) is 0 Å². The van der Waals surface area contributed by atoms with Gasteiger partial charge in [-0.25, -0.2) is 0 Å². The second-order valence-electron chi connectivity index (χ2n) is 6.00. The van der Waals surface area contributed by atoms with Crippen molar-refractivity contribution in [2.24, 2.45) is 16.3 Å². The lowest BCUT2D eigenvalue weighted by Gasteiger charge is -2.23. The molecule has 0 amide bonds. The molecule has 0 fully saturated rings. The van der Waals surface area contributed by atoms with Gasteiger partial charge in [-0.3, -0.25) is 9.79 Å². The maximum Gasteiger partial charge on any atom is 0.146 e. The first kappa shape index (κ1) is 18.3. The molecule has 0 heterocycles. The third-order valence-corrected chi connectivity index (χ3v) is 3.06. The Balaban J connectivity index is 4.81. The Morgan fingerprint density at radius 2 is 1.74 bits per heavy atom. The van der Waals surface area contributed by atoms with E-state index in [9.17, 15) is 4.79 Å². The summed E-state index contributed by atoms with van der Waals surface area (Å²) in [5.41, 5.74) is 0.480. The van der Waals surface area contributed by atoms with Gasteiger partial charge in [-0.1, -0.05) is 27.7 Å². The molecule has 0 aliphatic heterocycles. The molecule has 112 valence electrons. The molecule has 1 unspecified atom stereocenters. The van der Waals surface area contributed by atoms with Gasteiger partial charge in [0.2, 0.25) is 0 Å². The van der Waals surface area contributed by atoms with Crippen molar-refractivity contribution in [2.45, 2.75) is 47.1 Å². The highest BCUT2D eigenvalue weighted by Gasteiger charge is 2.28. The average Bonchev–Trinajstić information content (AvgIpc) is 2.27. The number of hydrogen-bond donors (Lipinski definition) is 0. The Labute approximate surface area is 117 Å². The predicted molar refractivity (Wildman–Crippen MR) is 78.9 cm³/mol. The molecule has 0 aromatic heterocycles. The highest BCUT2D eigenvalue weighted by Crippen LogP contribution is 2.20. The lowest BCUT2D eigenvalue weighted by Crippen LogP contribution is -2.32. The second-order valence-corrected chi connectivity index (χ2v) is 6.00. The monoisotopic (exact) mass is 271 g/mol. The van der Waals surface area contributed by atoms with E-state index in [1.807, 2.05) is 20.8 Å². The van der Waals surface area contributed by atoms with Gasteiger partial charge in [0.15, 0.2) is 0 Å². The number of carbonyl (C=O) groups excluding carboxylic acids is 1. The second kappa shape index (κ2) is 8.43. The fourth-order valence-electron chi connectivity index (χ4n) is 1.81. The van der Waals surface area contributed by atoms with Gasteiger partial charge in [-0.15, -0.1) is 0 Å². The smallest absolute Gasteiger partial charge is 0.146 e. The van der Waals surface area contributed by atoms with Gasteiger partial charge in [0.05, 0.1) is 19.3 Å². The number of ketones is 1. The molecule has 0 aromatic rings. The number of ether oxygens (including phenoxy) is 2. The topological polar surface area (TPSA) is 47.9 Å². The molecule has 4 heteroatoms. The van der Waals surface area contributed by atoms with Crippen molar-refractivity contribution in [2.75, 3.05) is 27.4 Å². The molecule has 0 radical (unpaired) electrons. The van der Waals surface area contributed by atoms with Crippen LogP contribution in [0, 0.1) is 11.3 Å². The Morgan fingerprint density at radius 1 is 1.16 bits per heavy atom. The van der Waals surface area contributed by atoms with Gasteiger partial charge < -0.3 is 9.47 Å². The molecule has 0 aliphatic rings. The minimum atomic E-state index is -0.463. The number of rotatable bonds is 9. The zero-order chi connectivity index (χ0) is 15.1. The van der Waals surface area contributed by atoms with Crippen LogP contribution in [0.5, 0.6) is 0 Å². The molecule has 0 aliphatic carbocycles. The quantitative estimate of drug-likeness (QED) is 0.606. The molecule has 1 atom stereocenters. The van der Waals surface area contributed by atoms with Gasteiger partial charge >= 0.3 is 0 Å². The van der Waals surface area contributed by atoms with Gasteiger partial charge in [0.1, 0.15) is 5.78 Å². The van der Waals surface area contributed by atoms with Crippen molar-refractivity contribution in [3.05, 3.63) is 0 Å². The molecule has 4 nitrogen and oxygen atoms in total. The van der Waals surface area contributed by atoms with Crippen LogP contribution < -0.4 is 0 Å². The fourth-order valence-corrected chi connectivity index (χ4v) is 1.81. The first-order valence-corrected chi connectivity index (χ1v) is 6.82. The molecule has 0 rings (SSSR count). The first-order valence-electron chi connectivity index (χ1n) is 6.82. The van der Waals surface area contributed by atoms with Crippen molar-refractivity contribution < 1.29 is 14.3 Å². The number of Topliss-reactive ketones (excluding diaryl/α,β-unsaturated/α-hetero) is 1. The van der Waals surface area contributed by atoms with E-state index in [-0.39, 0.29) is 17.7 Å². The summed E-state index contributed by atoms with van der Waals surface area (Å²) in [7, 11) is 3.28. The number of hydrogen-bond acceptors (Lipinski definition) is 4. The lowest BCUT2D eigenvalue weighted by atomic mass is 9.84. The van der Waals surface area contributed by atoms with E-state index in [0.29, 0.717) is 19.6 Å². The van der Waals surface area contributed by atoms with Crippen LogP contribution in [0.1, 0.15) is 41.0 Å². The molecule has 0 spiro atoms. The van der Waals surface area contributed by atoms with Crippen molar-refractivity contribution in [1.82, 2.24) is 0 Å². The Bertz CT molecular complexity index is 309. The average molecular weight is 271 g/mol. The van der Waals surface area contributed by atoms with Crippen LogP contribution in [0.2, 0.25) is 0 Å². The van der Waals surface area contributed by atoms with Gasteiger partial charge in [0.25, 0.3) is 0 Å². The Hall–Kier alpha value is -0.740. The fraction of sp³-hybridized carbons (Fsp3) is 0.867. The van der Waals surface area contributed by atoms with Crippen molar-refractivity contribution in [1.29, 1.82) is 0 Å². The van der Waals surface area contributed by atoms with E-state index in [1.165, 1.54) is 0 Å². The summed E-state index contributed by atoms with van der Waals surface area (Å²) in [6.45, 7) is 11.0. The van der Waals surface area contributed by atoms with E-state index >= 15 is 0 Å². The van der Waals surface area contributed by atoms with E-state index in [4.69, 9.17) is 9.47 Å². The number of carbonyl (C=O) groups is 1. The molecule has 0 saturated heterocycles. The van der Waals surface area contributed by atoms with E-state index in [1.54, 1.807) is 14.2 Å². The minimum absolute atomic E-state index is 0.0840. The van der Waals surface area contributed by atoms with E-state index in [2.05, 4.69) is 18.8 Å². The predicted octanol–water partition coefficient (Wildman–Crippen LogP) is 2.75. The minimum Gasteiger partial charge on any atom is -0.384 e. The van der Waals surface area contributed by atoms with Crippen LogP contribution in [0.25, 0.3) is 0 Å². The van der Waals surface area contributed by atoms with Gasteiger partial charge in [-0.05, 0) is 12.8 Å². The molecular weight excluding hydrogens is 242 g/mol. The summed E-state index contributed by atoms with van der Waals surface area (Å²) in [6, 6.07) is 0.0840. The molecule has 0 saturated carbocycles. The molecule has 0 N–H and O–H groups in total. The Morgan fingerprint density at radius 3 is 2.16 bits per heavy atom. The van der Waals surface area contributed by atoms with Crippen LogP contribution >= 0.6 is 0 Å². The molecule has 19 heavy (non-hydrogen) atoms. The van der Waals surface area contributed by atoms with Crippen LogP contribution in [0.15, 0.2) is 4.99 Å². The van der Waals surface area contributed by atoms with E-state index in [0.717, 1.165) is 5.71 Å².